The van der Waals surface area contributed by atoms with E-state index < -0.39 is 5.92 Å². The summed E-state index contributed by atoms with van der Waals surface area (Å²) in [5, 5.41) is 3.38. The fraction of sp³-hybridized carbons (Fsp3) is 0.300. The number of rotatable bonds is 4. The van der Waals surface area contributed by atoms with E-state index in [2.05, 4.69) is 5.32 Å². The van der Waals surface area contributed by atoms with E-state index in [1.54, 1.807) is 23.1 Å². The van der Waals surface area contributed by atoms with E-state index >= 15 is 0 Å². The first-order valence-corrected chi connectivity index (χ1v) is 8.79. The molecule has 0 bridgehead atoms. The Morgan fingerprint density at radius 3 is 2.69 bits per heavy atom. The summed E-state index contributed by atoms with van der Waals surface area (Å²) in [4.78, 5) is 26.6. The van der Waals surface area contributed by atoms with Crippen molar-refractivity contribution in [2.24, 2.45) is 5.92 Å². The zero-order chi connectivity index (χ0) is 18.8. The van der Waals surface area contributed by atoms with Crippen LogP contribution in [0.25, 0.3) is 0 Å². The van der Waals surface area contributed by atoms with Crippen molar-refractivity contribution < 1.29 is 14.3 Å². The van der Waals surface area contributed by atoms with Crippen molar-refractivity contribution in [3.63, 3.8) is 0 Å². The molecule has 0 spiro atoms. The normalized spacial score (nSPS) is 16.7. The lowest BCUT2D eigenvalue weighted by Gasteiger charge is -2.18. The summed E-state index contributed by atoms with van der Waals surface area (Å²) in [5.41, 5.74) is 3.52. The van der Waals surface area contributed by atoms with Crippen LogP contribution in [-0.4, -0.2) is 25.5 Å². The number of carbonyl (C=O) groups excluding carboxylic acids is 2. The lowest BCUT2D eigenvalue weighted by atomic mass is 10.1. The molecule has 1 aliphatic heterocycles. The van der Waals surface area contributed by atoms with Gasteiger partial charge in [-0.15, -0.1) is 0 Å². The van der Waals surface area contributed by atoms with E-state index in [1.807, 2.05) is 32.0 Å². The van der Waals surface area contributed by atoms with Crippen LogP contribution in [-0.2, 0) is 9.59 Å². The number of anilines is 2. The van der Waals surface area contributed by atoms with Crippen LogP contribution in [0.1, 0.15) is 17.5 Å². The summed E-state index contributed by atoms with van der Waals surface area (Å²) in [6, 6.07) is 11.1. The first-order chi connectivity index (χ1) is 12.4. The molecule has 0 saturated carbocycles. The standard InChI is InChI=1S/C20H21ClN2O3/c1-12-4-5-13(2)17(8-12)22-20(25)14-9-19(24)23(11-14)15-6-7-18(26-3)16(21)10-15/h4-8,10,14H,9,11H2,1-3H3,(H,22,25). The summed E-state index contributed by atoms with van der Waals surface area (Å²) in [7, 11) is 1.54. The van der Waals surface area contributed by atoms with E-state index in [0.29, 0.717) is 23.0 Å². The second-order valence-corrected chi connectivity index (χ2v) is 6.94. The summed E-state index contributed by atoms with van der Waals surface area (Å²) in [5.74, 6) is -0.0870. The van der Waals surface area contributed by atoms with Crippen molar-refractivity contribution in [2.45, 2.75) is 20.3 Å². The van der Waals surface area contributed by atoms with E-state index in [9.17, 15) is 9.59 Å². The van der Waals surface area contributed by atoms with E-state index in [-0.39, 0.29) is 18.2 Å². The Balaban J connectivity index is 1.74. The first kappa shape index (κ1) is 18.3. The fourth-order valence-corrected chi connectivity index (χ4v) is 3.31. The number of hydrogen-bond donors (Lipinski definition) is 1. The molecule has 1 N–H and O–H groups in total. The van der Waals surface area contributed by atoms with Gasteiger partial charge in [0.15, 0.2) is 0 Å². The third-order valence-electron chi connectivity index (χ3n) is 4.59. The van der Waals surface area contributed by atoms with Crippen molar-refractivity contribution in [1.82, 2.24) is 0 Å². The second-order valence-electron chi connectivity index (χ2n) is 6.53. The second kappa shape index (κ2) is 7.38. The fourth-order valence-electron chi connectivity index (χ4n) is 3.06. The molecule has 2 aromatic carbocycles. The maximum absolute atomic E-state index is 12.6. The van der Waals surface area contributed by atoms with E-state index in [1.165, 1.54) is 7.11 Å². The maximum atomic E-state index is 12.6. The van der Waals surface area contributed by atoms with Crippen molar-refractivity contribution in [1.29, 1.82) is 0 Å². The lowest BCUT2D eigenvalue weighted by molar-refractivity contribution is -0.122. The Labute approximate surface area is 157 Å². The molecule has 1 saturated heterocycles. The minimum absolute atomic E-state index is 0.0904. The Hall–Kier alpha value is -2.53. The van der Waals surface area contributed by atoms with Crippen LogP contribution in [0.3, 0.4) is 0 Å². The van der Waals surface area contributed by atoms with Crippen LogP contribution in [0.4, 0.5) is 11.4 Å². The van der Waals surface area contributed by atoms with Crippen molar-refractivity contribution >= 4 is 34.8 Å². The molecule has 3 rings (SSSR count). The molecule has 1 atom stereocenters. The molecular formula is C20H21ClN2O3. The molecule has 1 fully saturated rings. The highest BCUT2D eigenvalue weighted by Gasteiger charge is 2.35. The predicted molar refractivity (Wildman–Crippen MR) is 103 cm³/mol. The average molecular weight is 373 g/mol. The SMILES string of the molecule is COc1ccc(N2CC(C(=O)Nc3cc(C)ccc3C)CC2=O)cc1Cl. The zero-order valence-electron chi connectivity index (χ0n) is 15.0. The third kappa shape index (κ3) is 3.68. The highest BCUT2D eigenvalue weighted by molar-refractivity contribution is 6.32. The van der Waals surface area contributed by atoms with Gasteiger partial charge in [0.25, 0.3) is 0 Å². The van der Waals surface area contributed by atoms with Crippen LogP contribution in [0.2, 0.25) is 5.02 Å². The van der Waals surface area contributed by atoms with Crippen LogP contribution >= 0.6 is 11.6 Å². The van der Waals surface area contributed by atoms with Gasteiger partial charge in [0.05, 0.1) is 18.1 Å². The van der Waals surface area contributed by atoms with Gasteiger partial charge in [0.1, 0.15) is 5.75 Å². The molecule has 5 nitrogen and oxygen atoms in total. The Bertz CT molecular complexity index is 866. The number of aryl methyl sites for hydroxylation is 2. The van der Waals surface area contributed by atoms with Crippen molar-refractivity contribution in [3.05, 3.63) is 52.5 Å². The van der Waals surface area contributed by atoms with Gasteiger partial charge in [-0.1, -0.05) is 23.7 Å². The Kier molecular flexibility index (Phi) is 5.18. The van der Waals surface area contributed by atoms with Gasteiger partial charge in [-0.2, -0.15) is 0 Å². The monoisotopic (exact) mass is 372 g/mol. The number of ether oxygens (including phenoxy) is 1. The van der Waals surface area contributed by atoms with Crippen molar-refractivity contribution in [2.75, 3.05) is 23.9 Å². The van der Waals surface area contributed by atoms with Gasteiger partial charge >= 0.3 is 0 Å². The summed E-state index contributed by atoms with van der Waals surface area (Å²) in [6.07, 6.45) is 0.181. The minimum atomic E-state index is -0.400. The number of methoxy groups -OCH3 is 1. The van der Waals surface area contributed by atoms with Gasteiger partial charge in [0.2, 0.25) is 11.8 Å². The number of hydrogen-bond acceptors (Lipinski definition) is 3. The summed E-state index contributed by atoms with van der Waals surface area (Å²) in [6.45, 7) is 4.25. The average Bonchev–Trinajstić information content (AvgIpc) is 3.00. The molecule has 136 valence electrons. The van der Waals surface area contributed by atoms with Crippen LogP contribution in [0.15, 0.2) is 36.4 Å². The number of carbonyl (C=O) groups is 2. The van der Waals surface area contributed by atoms with Crippen LogP contribution in [0.5, 0.6) is 5.75 Å². The molecule has 2 amide bonds. The molecule has 0 aliphatic carbocycles. The minimum Gasteiger partial charge on any atom is -0.495 e. The topological polar surface area (TPSA) is 58.6 Å². The number of nitrogens with zero attached hydrogens (tertiary/aromatic N) is 1. The predicted octanol–water partition coefficient (Wildman–Crippen LogP) is 3.96. The van der Waals surface area contributed by atoms with Gasteiger partial charge in [-0.05, 0) is 49.2 Å². The van der Waals surface area contributed by atoms with Gasteiger partial charge in [-0.25, -0.2) is 0 Å². The van der Waals surface area contributed by atoms with Gasteiger partial charge in [-0.3, -0.25) is 9.59 Å². The summed E-state index contributed by atoms with van der Waals surface area (Å²) >= 11 is 6.15. The van der Waals surface area contributed by atoms with Gasteiger partial charge in [0, 0.05) is 24.3 Å². The summed E-state index contributed by atoms with van der Waals surface area (Å²) < 4.78 is 5.14. The molecule has 26 heavy (non-hydrogen) atoms. The molecule has 1 aliphatic rings. The quantitative estimate of drug-likeness (QED) is 0.883. The largest absolute Gasteiger partial charge is 0.495 e. The van der Waals surface area contributed by atoms with Crippen molar-refractivity contribution in [3.8, 4) is 5.75 Å². The maximum Gasteiger partial charge on any atom is 0.229 e. The molecule has 1 heterocycles. The first-order valence-electron chi connectivity index (χ1n) is 8.41. The lowest BCUT2D eigenvalue weighted by Crippen LogP contribution is -2.28. The number of nitrogens with one attached hydrogen (secondary N) is 1. The number of benzene rings is 2. The highest BCUT2D eigenvalue weighted by atomic mass is 35.5. The number of halogens is 1. The Morgan fingerprint density at radius 2 is 2.00 bits per heavy atom. The molecule has 0 radical (unpaired) electrons. The van der Waals surface area contributed by atoms with Gasteiger partial charge < -0.3 is 15.0 Å². The molecule has 1 unspecified atom stereocenters. The molecule has 0 aromatic heterocycles. The van der Waals surface area contributed by atoms with Crippen LogP contribution < -0.4 is 15.0 Å². The highest BCUT2D eigenvalue weighted by Crippen LogP contribution is 2.32. The number of amides is 2. The molecule has 2 aromatic rings. The van der Waals surface area contributed by atoms with E-state index in [0.717, 1.165) is 16.8 Å². The third-order valence-corrected chi connectivity index (χ3v) is 4.89. The Morgan fingerprint density at radius 1 is 1.23 bits per heavy atom. The smallest absolute Gasteiger partial charge is 0.229 e. The van der Waals surface area contributed by atoms with Crippen LogP contribution in [0, 0.1) is 19.8 Å². The molecule has 6 heteroatoms. The van der Waals surface area contributed by atoms with E-state index in [4.69, 9.17) is 16.3 Å². The molecular weight excluding hydrogens is 352 g/mol. The zero-order valence-corrected chi connectivity index (χ0v) is 15.8.